The monoisotopic (exact) mass is 299 g/mol. The van der Waals surface area contributed by atoms with Crippen molar-refractivity contribution < 1.29 is 4.92 Å². The summed E-state index contributed by atoms with van der Waals surface area (Å²) in [6.45, 7) is 2.60. The van der Waals surface area contributed by atoms with Gasteiger partial charge in [-0.2, -0.15) is 0 Å². The Labute approximate surface area is 125 Å². The van der Waals surface area contributed by atoms with E-state index in [2.05, 4.69) is 10.3 Å². The first-order chi connectivity index (χ1) is 10.1. The summed E-state index contributed by atoms with van der Waals surface area (Å²) in [6.07, 6.45) is 1.31. The van der Waals surface area contributed by atoms with Crippen LogP contribution < -0.4 is 5.32 Å². The highest BCUT2D eigenvalue weighted by atomic mass is 32.1. The summed E-state index contributed by atoms with van der Waals surface area (Å²) in [6, 6.07) is 11.5. The number of benzene rings is 1. The maximum Gasteiger partial charge on any atom is 0.311 e. The van der Waals surface area contributed by atoms with Crippen molar-refractivity contribution in [2.75, 3.05) is 5.32 Å². The van der Waals surface area contributed by atoms with Gasteiger partial charge in [-0.05, 0) is 25.1 Å². The third-order valence-electron chi connectivity index (χ3n) is 3.19. The molecule has 0 aliphatic heterocycles. The number of aromatic nitrogens is 1. The fourth-order valence-electron chi connectivity index (χ4n) is 2.21. The number of anilines is 1. The number of aryl methyl sites for hydroxylation is 1. The van der Waals surface area contributed by atoms with Crippen LogP contribution in [0.25, 0.3) is 10.9 Å². The molecule has 0 spiro atoms. The van der Waals surface area contributed by atoms with Gasteiger partial charge in [0.1, 0.15) is 11.9 Å². The Morgan fingerprint density at radius 2 is 2.10 bits per heavy atom. The molecule has 3 rings (SSSR count). The second-order valence-corrected chi connectivity index (χ2v) is 6.03. The average molecular weight is 299 g/mol. The van der Waals surface area contributed by atoms with Crippen molar-refractivity contribution in [1.29, 1.82) is 0 Å². The lowest BCUT2D eigenvalue weighted by atomic mass is 10.1. The molecule has 0 fully saturated rings. The topological polar surface area (TPSA) is 68.1 Å². The Morgan fingerprint density at radius 1 is 1.29 bits per heavy atom. The van der Waals surface area contributed by atoms with Crippen LogP contribution in [0.3, 0.4) is 0 Å². The molecule has 3 aromatic rings. The molecule has 0 radical (unpaired) electrons. The first kappa shape index (κ1) is 13.5. The Bertz CT molecular complexity index is 814. The van der Waals surface area contributed by atoms with Gasteiger partial charge in [-0.3, -0.25) is 10.1 Å². The van der Waals surface area contributed by atoms with Crippen molar-refractivity contribution >= 4 is 33.6 Å². The van der Waals surface area contributed by atoms with E-state index < -0.39 is 4.92 Å². The predicted octanol–water partition coefficient (Wildman–Crippen LogP) is 4.13. The zero-order valence-corrected chi connectivity index (χ0v) is 12.2. The molecule has 1 N–H and O–H groups in total. The summed E-state index contributed by atoms with van der Waals surface area (Å²) in [5.41, 5.74) is 1.27. The van der Waals surface area contributed by atoms with Gasteiger partial charge in [0.05, 0.1) is 10.4 Å². The summed E-state index contributed by atoms with van der Waals surface area (Å²) in [5, 5.41) is 15.2. The quantitative estimate of drug-likeness (QED) is 0.581. The van der Waals surface area contributed by atoms with E-state index in [1.165, 1.54) is 11.1 Å². The smallest absolute Gasteiger partial charge is 0.311 e. The number of thiophene rings is 1. The van der Waals surface area contributed by atoms with Gasteiger partial charge in [-0.25, -0.2) is 4.98 Å². The van der Waals surface area contributed by atoms with E-state index in [0.717, 1.165) is 15.8 Å². The molecule has 106 valence electrons. The van der Waals surface area contributed by atoms with Gasteiger partial charge in [0.15, 0.2) is 0 Å². The van der Waals surface area contributed by atoms with Crippen molar-refractivity contribution in [3.8, 4) is 0 Å². The third kappa shape index (κ3) is 2.71. The zero-order valence-electron chi connectivity index (χ0n) is 11.4. The molecule has 0 amide bonds. The van der Waals surface area contributed by atoms with Crippen LogP contribution in [0.4, 0.5) is 11.4 Å². The number of hydrogen-bond donors (Lipinski definition) is 1. The molecule has 0 saturated carbocycles. The lowest BCUT2D eigenvalue weighted by Crippen LogP contribution is -2.03. The summed E-state index contributed by atoms with van der Waals surface area (Å²) in [5.74, 6) is 0. The fraction of sp³-hybridized carbons (Fsp3) is 0.133. The first-order valence-corrected chi connectivity index (χ1v) is 7.28. The second kappa shape index (κ2) is 5.49. The van der Waals surface area contributed by atoms with Gasteiger partial charge in [0.25, 0.3) is 0 Å². The number of hydrogen-bond acceptors (Lipinski definition) is 5. The van der Waals surface area contributed by atoms with Crippen LogP contribution in [-0.4, -0.2) is 9.91 Å². The highest BCUT2D eigenvalue weighted by molar-refractivity contribution is 7.11. The van der Waals surface area contributed by atoms with Gasteiger partial charge in [0, 0.05) is 21.7 Å². The van der Waals surface area contributed by atoms with E-state index in [1.54, 1.807) is 11.3 Å². The molecule has 2 heterocycles. The lowest BCUT2D eigenvalue weighted by Gasteiger charge is -2.09. The number of nitrogens with one attached hydrogen (secondary N) is 1. The highest BCUT2D eigenvalue weighted by Gasteiger charge is 2.17. The van der Waals surface area contributed by atoms with Gasteiger partial charge in [0.2, 0.25) is 0 Å². The normalized spacial score (nSPS) is 10.7. The van der Waals surface area contributed by atoms with Gasteiger partial charge < -0.3 is 5.32 Å². The largest absolute Gasteiger partial charge is 0.374 e. The maximum absolute atomic E-state index is 11.2. The molecule has 1 aromatic carbocycles. The third-order valence-corrected chi connectivity index (χ3v) is 4.19. The molecule has 0 atom stereocenters. The van der Waals surface area contributed by atoms with Crippen LogP contribution in [0.2, 0.25) is 0 Å². The van der Waals surface area contributed by atoms with Crippen molar-refractivity contribution in [2.24, 2.45) is 0 Å². The van der Waals surface area contributed by atoms with Crippen LogP contribution in [0.5, 0.6) is 0 Å². The van der Waals surface area contributed by atoms with Crippen LogP contribution in [0, 0.1) is 17.0 Å². The average Bonchev–Trinajstić information content (AvgIpc) is 2.90. The van der Waals surface area contributed by atoms with Crippen molar-refractivity contribution in [3.05, 3.63) is 62.5 Å². The van der Waals surface area contributed by atoms with Crippen molar-refractivity contribution in [1.82, 2.24) is 4.98 Å². The number of rotatable bonds is 4. The van der Waals surface area contributed by atoms with Gasteiger partial charge >= 0.3 is 5.69 Å². The van der Waals surface area contributed by atoms with Crippen LogP contribution in [-0.2, 0) is 6.54 Å². The molecule has 21 heavy (non-hydrogen) atoms. The molecule has 0 aliphatic carbocycles. The lowest BCUT2D eigenvalue weighted by molar-refractivity contribution is -0.384. The van der Waals surface area contributed by atoms with Crippen LogP contribution in [0.1, 0.15) is 9.75 Å². The van der Waals surface area contributed by atoms with E-state index in [1.807, 2.05) is 43.3 Å². The maximum atomic E-state index is 11.2. The molecular weight excluding hydrogens is 286 g/mol. The van der Waals surface area contributed by atoms with Gasteiger partial charge in [-0.15, -0.1) is 11.3 Å². The van der Waals surface area contributed by atoms with Gasteiger partial charge in [-0.1, -0.05) is 18.2 Å². The second-order valence-electron chi connectivity index (χ2n) is 4.66. The number of nitro groups is 1. The van der Waals surface area contributed by atoms with E-state index in [-0.39, 0.29) is 5.69 Å². The molecule has 0 aliphatic rings. The Kier molecular flexibility index (Phi) is 3.53. The summed E-state index contributed by atoms with van der Waals surface area (Å²) < 4.78 is 0. The zero-order chi connectivity index (χ0) is 14.8. The highest BCUT2D eigenvalue weighted by Crippen LogP contribution is 2.32. The Morgan fingerprint density at radius 3 is 2.81 bits per heavy atom. The molecular formula is C15H13N3O2S. The van der Waals surface area contributed by atoms with Crippen LogP contribution in [0.15, 0.2) is 42.6 Å². The molecule has 0 saturated heterocycles. The SMILES string of the molecule is Cc1ccc(CNc2c([N+](=O)[O-])cnc3ccccc23)s1. The standard InChI is InChI=1S/C15H13N3O2S/c1-10-6-7-11(21-10)8-17-15-12-4-2-3-5-13(12)16-9-14(15)18(19)20/h2-7,9H,8H2,1H3,(H,16,17). The fourth-order valence-corrected chi connectivity index (χ4v) is 3.04. The summed E-state index contributed by atoms with van der Waals surface area (Å²) in [7, 11) is 0. The van der Waals surface area contributed by atoms with E-state index >= 15 is 0 Å². The van der Waals surface area contributed by atoms with E-state index in [0.29, 0.717) is 12.2 Å². The summed E-state index contributed by atoms with van der Waals surface area (Å²) in [4.78, 5) is 17.3. The minimum atomic E-state index is -0.401. The number of fused-ring (bicyclic) bond motifs is 1. The number of para-hydroxylation sites is 1. The number of nitrogens with zero attached hydrogens (tertiary/aromatic N) is 2. The molecule has 0 unspecified atom stereocenters. The predicted molar refractivity (Wildman–Crippen MR) is 84.8 cm³/mol. The molecule has 6 heteroatoms. The van der Waals surface area contributed by atoms with Crippen molar-refractivity contribution in [3.63, 3.8) is 0 Å². The summed E-state index contributed by atoms with van der Waals surface area (Å²) >= 11 is 1.68. The first-order valence-electron chi connectivity index (χ1n) is 6.46. The Balaban J connectivity index is 2.01. The van der Waals surface area contributed by atoms with E-state index in [9.17, 15) is 10.1 Å². The van der Waals surface area contributed by atoms with Crippen LogP contribution >= 0.6 is 11.3 Å². The molecule has 2 aromatic heterocycles. The molecule has 5 nitrogen and oxygen atoms in total. The van der Waals surface area contributed by atoms with Crippen molar-refractivity contribution in [2.45, 2.75) is 13.5 Å². The Hall–Kier alpha value is -2.47. The molecule has 0 bridgehead atoms. The minimum Gasteiger partial charge on any atom is -0.374 e. The minimum absolute atomic E-state index is 0.00183. The van der Waals surface area contributed by atoms with E-state index in [4.69, 9.17) is 0 Å². The number of pyridine rings is 1.